The monoisotopic (exact) mass is 713 g/mol. The van der Waals surface area contributed by atoms with Crippen LogP contribution in [-0.2, 0) is 0 Å². The number of hydrogen-bond donors (Lipinski definition) is 0. The van der Waals surface area contributed by atoms with Crippen molar-refractivity contribution in [3.63, 3.8) is 0 Å². The number of nitrogens with zero attached hydrogens (tertiary/aromatic N) is 3. The van der Waals surface area contributed by atoms with E-state index in [2.05, 4.69) is 194 Å². The zero-order chi connectivity index (χ0) is 37.3. The van der Waals surface area contributed by atoms with Gasteiger partial charge in [-0.15, -0.1) is 0 Å². The maximum Gasteiger partial charge on any atom is 0.164 e. The van der Waals surface area contributed by atoms with E-state index in [-0.39, 0.29) is 0 Å². The van der Waals surface area contributed by atoms with Gasteiger partial charge < -0.3 is 0 Å². The van der Waals surface area contributed by atoms with Gasteiger partial charge in [-0.3, -0.25) is 0 Å². The molecule has 0 saturated carbocycles. The quantitative estimate of drug-likeness (QED) is 0.165. The van der Waals surface area contributed by atoms with Crippen LogP contribution in [0, 0.1) is 0 Å². The SMILES string of the molecule is c1ccc(-c2ccc(-c3nc(-c4ccccc4-c4ccccc4)nc(-c4ccccc4-c4ccc5cc(-c6ccc7ccccc7c6)ccc5c4)n3)cc2)cc1. The molecule has 262 valence electrons. The molecule has 0 aliphatic heterocycles. The maximum absolute atomic E-state index is 5.24. The molecule has 56 heavy (non-hydrogen) atoms. The highest BCUT2D eigenvalue weighted by molar-refractivity contribution is 5.95. The second-order valence-corrected chi connectivity index (χ2v) is 14.0. The third kappa shape index (κ3) is 6.42. The maximum atomic E-state index is 5.24. The van der Waals surface area contributed by atoms with Crippen molar-refractivity contribution in [3.05, 3.63) is 212 Å². The minimum absolute atomic E-state index is 0.627. The first-order valence-corrected chi connectivity index (χ1v) is 18.9. The van der Waals surface area contributed by atoms with Crippen molar-refractivity contribution >= 4 is 21.5 Å². The van der Waals surface area contributed by atoms with Crippen LogP contribution in [0.1, 0.15) is 0 Å². The zero-order valence-corrected chi connectivity index (χ0v) is 30.5. The molecule has 0 aliphatic carbocycles. The lowest BCUT2D eigenvalue weighted by Crippen LogP contribution is -2.02. The number of hydrogen-bond acceptors (Lipinski definition) is 3. The Labute approximate surface area is 326 Å². The number of fused-ring (bicyclic) bond motifs is 2. The molecule has 0 unspecified atom stereocenters. The van der Waals surface area contributed by atoms with Crippen molar-refractivity contribution in [1.29, 1.82) is 0 Å². The Kier molecular flexibility index (Phi) is 8.51. The highest BCUT2D eigenvalue weighted by atomic mass is 15.0. The van der Waals surface area contributed by atoms with Crippen LogP contribution in [-0.4, -0.2) is 15.0 Å². The first kappa shape index (κ1) is 33.1. The lowest BCUT2D eigenvalue weighted by Gasteiger charge is -2.14. The van der Waals surface area contributed by atoms with Gasteiger partial charge in [-0.05, 0) is 84.3 Å². The number of aromatic nitrogens is 3. The second kappa shape index (κ2) is 14.4. The molecule has 0 saturated heterocycles. The Balaban J connectivity index is 1.08. The zero-order valence-electron chi connectivity index (χ0n) is 30.5. The summed E-state index contributed by atoms with van der Waals surface area (Å²) in [6.45, 7) is 0. The van der Waals surface area contributed by atoms with E-state index in [1.54, 1.807) is 0 Å². The van der Waals surface area contributed by atoms with Crippen LogP contribution in [0.15, 0.2) is 212 Å². The molecule has 1 aromatic heterocycles. The molecule has 0 fully saturated rings. The lowest BCUT2D eigenvalue weighted by atomic mass is 9.94. The van der Waals surface area contributed by atoms with Crippen LogP contribution in [0.5, 0.6) is 0 Å². The van der Waals surface area contributed by atoms with E-state index >= 15 is 0 Å². The molecular weight excluding hydrogens is 679 g/mol. The predicted molar refractivity (Wildman–Crippen MR) is 233 cm³/mol. The van der Waals surface area contributed by atoms with Crippen molar-refractivity contribution in [1.82, 2.24) is 15.0 Å². The lowest BCUT2D eigenvalue weighted by molar-refractivity contribution is 1.07. The summed E-state index contributed by atoms with van der Waals surface area (Å²) in [6, 6.07) is 74.8. The van der Waals surface area contributed by atoms with Gasteiger partial charge in [0.05, 0.1) is 0 Å². The summed E-state index contributed by atoms with van der Waals surface area (Å²) in [5.74, 6) is 1.88. The molecule has 10 rings (SSSR count). The summed E-state index contributed by atoms with van der Waals surface area (Å²) in [5.41, 5.74) is 11.9. The summed E-state index contributed by atoms with van der Waals surface area (Å²) in [6.07, 6.45) is 0. The average molecular weight is 714 g/mol. The largest absolute Gasteiger partial charge is 0.208 e. The van der Waals surface area contributed by atoms with Gasteiger partial charge >= 0.3 is 0 Å². The third-order valence-electron chi connectivity index (χ3n) is 10.5. The Bertz CT molecular complexity index is 3010. The van der Waals surface area contributed by atoms with Gasteiger partial charge in [0, 0.05) is 16.7 Å². The summed E-state index contributed by atoms with van der Waals surface area (Å²) in [4.78, 5) is 15.6. The summed E-state index contributed by atoms with van der Waals surface area (Å²) in [7, 11) is 0. The molecule has 0 aliphatic rings. The van der Waals surface area contributed by atoms with Crippen LogP contribution < -0.4 is 0 Å². The molecule has 0 N–H and O–H groups in total. The van der Waals surface area contributed by atoms with Crippen molar-refractivity contribution in [2.45, 2.75) is 0 Å². The van der Waals surface area contributed by atoms with Gasteiger partial charge in [0.25, 0.3) is 0 Å². The van der Waals surface area contributed by atoms with E-state index in [4.69, 9.17) is 15.0 Å². The summed E-state index contributed by atoms with van der Waals surface area (Å²) >= 11 is 0. The molecule has 0 radical (unpaired) electrons. The summed E-state index contributed by atoms with van der Waals surface area (Å²) in [5, 5.41) is 4.86. The number of benzene rings is 9. The molecular formula is C53H35N3. The van der Waals surface area contributed by atoms with Crippen LogP contribution in [0.4, 0.5) is 0 Å². The molecule has 0 atom stereocenters. The summed E-state index contributed by atoms with van der Waals surface area (Å²) < 4.78 is 0. The van der Waals surface area contributed by atoms with E-state index in [9.17, 15) is 0 Å². The number of rotatable bonds is 7. The normalized spacial score (nSPS) is 11.2. The molecule has 0 spiro atoms. The van der Waals surface area contributed by atoms with Gasteiger partial charge in [0.2, 0.25) is 0 Å². The minimum Gasteiger partial charge on any atom is -0.208 e. The van der Waals surface area contributed by atoms with E-state index in [0.29, 0.717) is 17.5 Å². The fourth-order valence-corrected chi connectivity index (χ4v) is 7.63. The molecule has 10 aromatic rings. The molecule has 0 amide bonds. The van der Waals surface area contributed by atoms with E-state index in [0.717, 1.165) is 44.5 Å². The van der Waals surface area contributed by atoms with Crippen molar-refractivity contribution in [2.24, 2.45) is 0 Å². The highest BCUT2D eigenvalue weighted by Gasteiger charge is 2.18. The first-order chi connectivity index (χ1) is 27.7. The van der Waals surface area contributed by atoms with Crippen LogP contribution in [0.25, 0.3) is 100 Å². The molecule has 0 bridgehead atoms. The van der Waals surface area contributed by atoms with E-state index < -0.39 is 0 Å². The fraction of sp³-hybridized carbons (Fsp3) is 0. The smallest absolute Gasteiger partial charge is 0.164 e. The van der Waals surface area contributed by atoms with Crippen LogP contribution >= 0.6 is 0 Å². The third-order valence-corrected chi connectivity index (χ3v) is 10.5. The average Bonchev–Trinajstić information content (AvgIpc) is 3.29. The van der Waals surface area contributed by atoms with Gasteiger partial charge in [-0.1, -0.05) is 194 Å². The van der Waals surface area contributed by atoms with Gasteiger partial charge in [0.15, 0.2) is 17.5 Å². The second-order valence-electron chi connectivity index (χ2n) is 14.0. The predicted octanol–water partition coefficient (Wildman–Crippen LogP) is 13.8. The van der Waals surface area contributed by atoms with Gasteiger partial charge in [-0.2, -0.15) is 0 Å². The Morgan fingerprint density at radius 1 is 0.196 bits per heavy atom. The van der Waals surface area contributed by atoms with Gasteiger partial charge in [-0.25, -0.2) is 15.0 Å². The molecule has 3 heteroatoms. The highest BCUT2D eigenvalue weighted by Crippen LogP contribution is 2.37. The standard InChI is InChI=1S/C53H35N3/c1-3-13-36(14-4-1)38-23-26-40(27-24-38)51-54-52(49-21-11-9-19-47(49)39-16-5-2-6-17-39)56-53(55-51)50-22-12-10-20-48(50)46-32-31-44-34-43(29-30-45(44)35-46)42-28-25-37-15-7-8-18-41(37)33-42/h1-35H. The van der Waals surface area contributed by atoms with Crippen molar-refractivity contribution < 1.29 is 0 Å². The fourth-order valence-electron chi connectivity index (χ4n) is 7.63. The van der Waals surface area contributed by atoms with Crippen molar-refractivity contribution in [3.8, 4) is 78.7 Å². The van der Waals surface area contributed by atoms with Crippen LogP contribution in [0.2, 0.25) is 0 Å². The Morgan fingerprint density at radius 3 is 1.16 bits per heavy atom. The van der Waals surface area contributed by atoms with E-state index in [1.165, 1.54) is 38.2 Å². The molecule has 3 nitrogen and oxygen atoms in total. The van der Waals surface area contributed by atoms with Crippen molar-refractivity contribution in [2.75, 3.05) is 0 Å². The van der Waals surface area contributed by atoms with E-state index in [1.807, 2.05) is 18.2 Å². The Hall–Kier alpha value is -7.49. The topological polar surface area (TPSA) is 38.7 Å². The minimum atomic E-state index is 0.627. The van der Waals surface area contributed by atoms with Crippen LogP contribution in [0.3, 0.4) is 0 Å². The van der Waals surface area contributed by atoms with Gasteiger partial charge in [0.1, 0.15) is 0 Å². The first-order valence-electron chi connectivity index (χ1n) is 18.9. The Morgan fingerprint density at radius 2 is 0.554 bits per heavy atom. The molecule has 9 aromatic carbocycles. The molecule has 1 heterocycles.